The molecule has 2 aliphatic rings. The summed E-state index contributed by atoms with van der Waals surface area (Å²) in [4.78, 5) is 39.4. The Morgan fingerprint density at radius 1 is 0.949 bits per heavy atom. The van der Waals surface area contributed by atoms with E-state index >= 15 is 0 Å². The van der Waals surface area contributed by atoms with Crippen molar-refractivity contribution in [2.45, 2.75) is 26.9 Å². The third kappa shape index (κ3) is 5.39. The van der Waals surface area contributed by atoms with Crippen molar-refractivity contribution in [1.29, 1.82) is 0 Å². The Kier molecular flexibility index (Phi) is 7.42. The van der Waals surface area contributed by atoms with Crippen molar-refractivity contribution in [3.63, 3.8) is 0 Å². The highest BCUT2D eigenvalue weighted by Gasteiger charge is 2.37. The van der Waals surface area contributed by atoms with E-state index in [2.05, 4.69) is 5.32 Å². The van der Waals surface area contributed by atoms with E-state index in [1.54, 1.807) is 30.3 Å². The number of carbonyl (C=O) groups is 3. The van der Waals surface area contributed by atoms with Gasteiger partial charge in [0.1, 0.15) is 12.2 Å². The van der Waals surface area contributed by atoms with Gasteiger partial charge in [-0.2, -0.15) is 0 Å². The average Bonchev–Trinajstić information content (AvgIpc) is 3.39. The third-order valence-corrected chi connectivity index (χ3v) is 6.45. The lowest BCUT2D eigenvalue weighted by Crippen LogP contribution is -2.54. The molecule has 10 heteroatoms. The van der Waals surface area contributed by atoms with Gasteiger partial charge >= 0.3 is 6.03 Å². The summed E-state index contributed by atoms with van der Waals surface area (Å²) in [6, 6.07) is 14.8. The van der Waals surface area contributed by atoms with Crippen LogP contribution in [0.25, 0.3) is 6.08 Å². The van der Waals surface area contributed by atoms with Gasteiger partial charge in [-0.25, -0.2) is 9.69 Å². The van der Waals surface area contributed by atoms with Gasteiger partial charge in [-0.15, -0.1) is 0 Å². The zero-order valence-corrected chi connectivity index (χ0v) is 22.0. The fourth-order valence-electron chi connectivity index (χ4n) is 4.20. The summed E-state index contributed by atoms with van der Waals surface area (Å²) in [6.07, 6.45) is 2.18. The van der Waals surface area contributed by atoms with Crippen LogP contribution in [0.2, 0.25) is 5.02 Å². The van der Waals surface area contributed by atoms with Crippen LogP contribution in [0.15, 0.2) is 60.2 Å². The molecule has 3 aromatic carbocycles. The van der Waals surface area contributed by atoms with Crippen LogP contribution >= 0.6 is 11.6 Å². The van der Waals surface area contributed by atoms with Crippen LogP contribution in [-0.2, 0) is 22.6 Å². The predicted octanol–water partition coefficient (Wildman–Crippen LogP) is 5.28. The maximum absolute atomic E-state index is 13.3. The zero-order valence-electron chi connectivity index (χ0n) is 21.3. The molecular weight excluding hydrogens is 524 g/mol. The first-order valence-electron chi connectivity index (χ1n) is 12.4. The highest BCUT2D eigenvalue weighted by atomic mass is 35.5. The number of rotatable bonds is 8. The summed E-state index contributed by atoms with van der Waals surface area (Å²) in [5.41, 5.74) is 2.45. The number of amides is 4. The van der Waals surface area contributed by atoms with Crippen LogP contribution in [0.3, 0.4) is 0 Å². The lowest BCUT2D eigenvalue weighted by molar-refractivity contribution is -0.122. The number of hydrogen-bond acceptors (Lipinski definition) is 7. The molecule has 4 amide bonds. The van der Waals surface area contributed by atoms with Crippen molar-refractivity contribution in [2.24, 2.45) is 0 Å². The molecule has 2 heterocycles. The Bertz CT molecular complexity index is 1480. The molecule has 200 valence electrons. The third-order valence-electron chi connectivity index (χ3n) is 6.17. The average molecular weight is 549 g/mol. The molecule has 0 aromatic heterocycles. The minimum Gasteiger partial charge on any atom is -0.490 e. The fraction of sp³-hybridized carbons (Fsp3) is 0.207. The van der Waals surface area contributed by atoms with Gasteiger partial charge in [0.2, 0.25) is 6.79 Å². The number of nitrogens with zero attached hydrogens (tertiary/aromatic N) is 1. The molecule has 2 aliphatic heterocycles. The van der Waals surface area contributed by atoms with Crippen LogP contribution in [0.5, 0.6) is 23.0 Å². The van der Waals surface area contributed by atoms with Crippen molar-refractivity contribution >= 4 is 41.2 Å². The van der Waals surface area contributed by atoms with Gasteiger partial charge in [-0.05, 0) is 72.5 Å². The Morgan fingerprint density at radius 3 is 2.44 bits per heavy atom. The molecule has 3 aromatic rings. The first kappa shape index (κ1) is 26.1. The second-order valence-corrected chi connectivity index (χ2v) is 9.12. The second-order valence-electron chi connectivity index (χ2n) is 8.72. The van der Waals surface area contributed by atoms with Gasteiger partial charge in [0.05, 0.1) is 17.3 Å². The van der Waals surface area contributed by atoms with Crippen molar-refractivity contribution < 1.29 is 33.3 Å². The quantitative estimate of drug-likeness (QED) is 0.302. The van der Waals surface area contributed by atoms with E-state index in [0.717, 1.165) is 22.4 Å². The Labute approximate surface area is 229 Å². The first-order valence-corrected chi connectivity index (χ1v) is 12.7. The van der Waals surface area contributed by atoms with Crippen LogP contribution in [0.4, 0.5) is 10.5 Å². The number of fused-ring (bicyclic) bond motifs is 1. The molecule has 0 aliphatic carbocycles. The number of benzene rings is 3. The van der Waals surface area contributed by atoms with Gasteiger partial charge in [0.25, 0.3) is 11.8 Å². The maximum atomic E-state index is 13.3. The van der Waals surface area contributed by atoms with E-state index in [1.165, 1.54) is 6.08 Å². The first-order chi connectivity index (χ1) is 18.9. The maximum Gasteiger partial charge on any atom is 0.335 e. The molecule has 5 rings (SSSR count). The Morgan fingerprint density at radius 2 is 1.69 bits per heavy atom. The van der Waals surface area contributed by atoms with Gasteiger partial charge < -0.3 is 18.9 Å². The number of imide groups is 2. The smallest absolute Gasteiger partial charge is 0.335 e. The van der Waals surface area contributed by atoms with Crippen LogP contribution in [0, 0.1) is 0 Å². The molecule has 0 spiro atoms. The highest BCUT2D eigenvalue weighted by molar-refractivity contribution is 6.39. The summed E-state index contributed by atoms with van der Waals surface area (Å²) >= 11 is 6.57. The van der Waals surface area contributed by atoms with Gasteiger partial charge in [-0.3, -0.25) is 14.9 Å². The van der Waals surface area contributed by atoms with E-state index in [4.69, 9.17) is 30.5 Å². The summed E-state index contributed by atoms with van der Waals surface area (Å²) in [7, 11) is 0. The highest BCUT2D eigenvalue weighted by Crippen LogP contribution is 2.39. The molecule has 1 N–H and O–H groups in total. The number of barbiturate groups is 1. The standard InChI is InChI=1S/C29H25ClN2O7/c1-3-17-5-8-20(9-6-17)32-28(34)21(27(33)31-29(32)35)11-19-12-22(30)26(25(14-19)36-4-2)37-15-18-7-10-23-24(13-18)39-16-38-23/h5-14H,3-4,15-16H2,1-2H3,(H,31,33,35)/b21-11-. The fourth-order valence-corrected chi connectivity index (χ4v) is 4.47. The number of aryl methyl sites for hydroxylation is 1. The van der Waals surface area contributed by atoms with E-state index in [1.807, 2.05) is 38.1 Å². The Balaban J connectivity index is 1.42. The number of hydrogen-bond donors (Lipinski definition) is 1. The molecule has 0 atom stereocenters. The number of nitrogens with one attached hydrogen (secondary N) is 1. The normalized spacial score (nSPS) is 15.5. The number of ether oxygens (including phenoxy) is 4. The van der Waals surface area contributed by atoms with Crippen LogP contribution in [-0.4, -0.2) is 31.2 Å². The molecule has 0 unspecified atom stereocenters. The van der Waals surface area contributed by atoms with Crippen molar-refractivity contribution in [1.82, 2.24) is 5.32 Å². The van der Waals surface area contributed by atoms with E-state index in [9.17, 15) is 14.4 Å². The summed E-state index contributed by atoms with van der Waals surface area (Å²) in [6.45, 7) is 4.50. The van der Waals surface area contributed by atoms with Crippen LogP contribution in [0.1, 0.15) is 30.5 Å². The van der Waals surface area contributed by atoms with Crippen molar-refractivity contribution in [2.75, 3.05) is 18.3 Å². The van der Waals surface area contributed by atoms with Gasteiger partial charge in [0, 0.05) is 0 Å². The topological polar surface area (TPSA) is 103 Å². The van der Waals surface area contributed by atoms with Gasteiger partial charge in [0.15, 0.2) is 23.0 Å². The summed E-state index contributed by atoms with van der Waals surface area (Å²) < 4.78 is 22.5. The number of halogens is 1. The van der Waals surface area contributed by atoms with E-state index in [0.29, 0.717) is 40.9 Å². The summed E-state index contributed by atoms with van der Waals surface area (Å²) in [5, 5.41) is 2.45. The molecule has 1 saturated heterocycles. The predicted molar refractivity (Wildman–Crippen MR) is 144 cm³/mol. The van der Waals surface area contributed by atoms with Gasteiger partial charge in [-0.1, -0.05) is 36.7 Å². The second kappa shape index (κ2) is 11.1. The molecule has 0 bridgehead atoms. The van der Waals surface area contributed by atoms with E-state index in [-0.39, 0.29) is 24.0 Å². The zero-order chi connectivity index (χ0) is 27.5. The molecule has 39 heavy (non-hydrogen) atoms. The van der Waals surface area contributed by atoms with Crippen molar-refractivity contribution in [3.8, 4) is 23.0 Å². The van der Waals surface area contributed by atoms with Crippen molar-refractivity contribution in [3.05, 3.63) is 81.9 Å². The SMILES string of the molecule is CCOc1cc(/C=C2/C(=O)NC(=O)N(c3ccc(CC)cc3)C2=O)cc(Cl)c1OCc1ccc2c(c1)OCO2. The van der Waals surface area contributed by atoms with Crippen LogP contribution < -0.4 is 29.2 Å². The van der Waals surface area contributed by atoms with E-state index < -0.39 is 17.8 Å². The molecule has 0 saturated carbocycles. The summed E-state index contributed by atoms with van der Waals surface area (Å²) in [5.74, 6) is 0.408. The molecule has 0 radical (unpaired) electrons. The number of carbonyl (C=O) groups excluding carboxylic acids is 3. The minimum atomic E-state index is -0.813. The number of urea groups is 1. The number of anilines is 1. The lowest BCUT2D eigenvalue weighted by Gasteiger charge is -2.26. The minimum absolute atomic E-state index is 0.175. The lowest BCUT2D eigenvalue weighted by atomic mass is 10.1. The monoisotopic (exact) mass is 548 g/mol. The molecule has 9 nitrogen and oxygen atoms in total. The molecule has 1 fully saturated rings. The Hall–Kier alpha value is -4.50. The molecular formula is C29H25ClN2O7. The largest absolute Gasteiger partial charge is 0.490 e.